The van der Waals surface area contributed by atoms with E-state index in [2.05, 4.69) is 5.32 Å². The maximum atomic E-state index is 13.7. The van der Waals surface area contributed by atoms with Crippen LogP contribution in [0.15, 0.2) is 36.4 Å². The predicted molar refractivity (Wildman–Crippen MR) is 76.4 cm³/mol. The fraction of sp³-hybridized carbons (Fsp3) is 0.200. The number of non-ortho nitro benzene ring substituents is 1. The second kappa shape index (κ2) is 6.30. The molecule has 0 aliphatic rings. The molecule has 0 aromatic heterocycles. The fourth-order valence-electron chi connectivity index (χ4n) is 2.03. The van der Waals surface area contributed by atoms with Gasteiger partial charge in [-0.25, -0.2) is 8.78 Å². The summed E-state index contributed by atoms with van der Waals surface area (Å²) in [5.74, 6) is -1.93. The Bertz CT molecular complexity index is 651. The van der Waals surface area contributed by atoms with Gasteiger partial charge in [0.15, 0.2) is 11.6 Å². The standard InChI is InChI=1S/C15H14F2N2O2/c1-10-3-2-4-11(7-10)5-6-18-15-13(16)8-12(19(20)21)9-14(15)17/h2-4,7-9,18H,5-6H2,1H3. The van der Waals surface area contributed by atoms with Gasteiger partial charge in [0.2, 0.25) is 0 Å². The van der Waals surface area contributed by atoms with Gasteiger partial charge in [-0.2, -0.15) is 0 Å². The normalized spacial score (nSPS) is 10.4. The Labute approximate surface area is 120 Å². The number of aryl methyl sites for hydroxylation is 1. The van der Waals surface area contributed by atoms with Crippen LogP contribution in [0.4, 0.5) is 20.2 Å². The average Bonchev–Trinajstić information content (AvgIpc) is 2.41. The van der Waals surface area contributed by atoms with E-state index < -0.39 is 22.2 Å². The summed E-state index contributed by atoms with van der Waals surface area (Å²) in [6.07, 6.45) is 0.595. The third-order valence-corrected chi connectivity index (χ3v) is 3.04. The maximum absolute atomic E-state index is 13.7. The Morgan fingerprint density at radius 3 is 2.43 bits per heavy atom. The zero-order valence-electron chi connectivity index (χ0n) is 11.4. The van der Waals surface area contributed by atoms with Crippen LogP contribution in [0.5, 0.6) is 0 Å². The van der Waals surface area contributed by atoms with Gasteiger partial charge >= 0.3 is 0 Å². The largest absolute Gasteiger partial charge is 0.380 e. The first-order valence-electron chi connectivity index (χ1n) is 6.40. The van der Waals surface area contributed by atoms with Gasteiger partial charge in [-0.05, 0) is 18.9 Å². The van der Waals surface area contributed by atoms with E-state index in [1.165, 1.54) is 0 Å². The third-order valence-electron chi connectivity index (χ3n) is 3.04. The number of anilines is 1. The molecule has 110 valence electrons. The summed E-state index contributed by atoms with van der Waals surface area (Å²) < 4.78 is 27.3. The molecule has 2 rings (SSSR count). The average molecular weight is 292 g/mol. The lowest BCUT2D eigenvalue weighted by molar-refractivity contribution is -0.385. The molecule has 0 saturated carbocycles. The van der Waals surface area contributed by atoms with Crippen molar-refractivity contribution >= 4 is 11.4 Å². The molecule has 0 spiro atoms. The topological polar surface area (TPSA) is 55.2 Å². The monoisotopic (exact) mass is 292 g/mol. The summed E-state index contributed by atoms with van der Waals surface area (Å²) in [6.45, 7) is 2.29. The Hall–Kier alpha value is -2.50. The molecule has 0 amide bonds. The molecule has 2 aromatic rings. The molecule has 1 N–H and O–H groups in total. The zero-order chi connectivity index (χ0) is 15.4. The number of nitro benzene ring substituents is 1. The minimum absolute atomic E-state index is 0.328. The van der Waals surface area contributed by atoms with Gasteiger partial charge in [0.25, 0.3) is 5.69 Å². The van der Waals surface area contributed by atoms with E-state index in [9.17, 15) is 18.9 Å². The highest BCUT2D eigenvalue weighted by Gasteiger charge is 2.16. The van der Waals surface area contributed by atoms with Crippen LogP contribution >= 0.6 is 0 Å². The summed E-state index contributed by atoms with van der Waals surface area (Å²) in [7, 11) is 0. The van der Waals surface area contributed by atoms with Gasteiger partial charge in [0.05, 0.1) is 17.1 Å². The molecular weight excluding hydrogens is 278 g/mol. The number of hydrogen-bond acceptors (Lipinski definition) is 3. The van der Waals surface area contributed by atoms with Gasteiger partial charge < -0.3 is 5.32 Å². The van der Waals surface area contributed by atoms with E-state index in [1.54, 1.807) is 0 Å². The second-order valence-electron chi connectivity index (χ2n) is 4.71. The van der Waals surface area contributed by atoms with Crippen molar-refractivity contribution in [3.05, 3.63) is 69.3 Å². The first-order valence-corrected chi connectivity index (χ1v) is 6.40. The number of nitro groups is 1. The molecule has 0 unspecified atom stereocenters. The first-order chi connectivity index (χ1) is 9.97. The second-order valence-corrected chi connectivity index (χ2v) is 4.71. The molecule has 4 nitrogen and oxygen atoms in total. The van der Waals surface area contributed by atoms with Gasteiger partial charge in [-0.1, -0.05) is 29.8 Å². The molecular formula is C15H14F2N2O2. The molecule has 0 heterocycles. The van der Waals surface area contributed by atoms with Gasteiger partial charge in [0, 0.05) is 6.54 Å². The van der Waals surface area contributed by atoms with E-state index in [-0.39, 0.29) is 5.69 Å². The summed E-state index contributed by atoms with van der Waals surface area (Å²) in [5.41, 5.74) is 1.22. The van der Waals surface area contributed by atoms with E-state index in [4.69, 9.17) is 0 Å². The van der Waals surface area contributed by atoms with Crippen molar-refractivity contribution < 1.29 is 13.7 Å². The van der Waals surface area contributed by atoms with Gasteiger partial charge in [0.1, 0.15) is 5.69 Å². The number of nitrogens with one attached hydrogen (secondary N) is 1. The zero-order valence-corrected chi connectivity index (χ0v) is 11.4. The lowest BCUT2D eigenvalue weighted by atomic mass is 10.1. The molecule has 0 aliphatic carbocycles. The van der Waals surface area contributed by atoms with Crippen molar-refractivity contribution in [1.82, 2.24) is 0 Å². The van der Waals surface area contributed by atoms with Gasteiger partial charge in [-0.15, -0.1) is 0 Å². The summed E-state index contributed by atoms with van der Waals surface area (Å²) in [4.78, 5) is 9.67. The van der Waals surface area contributed by atoms with Crippen molar-refractivity contribution in [2.45, 2.75) is 13.3 Å². The van der Waals surface area contributed by atoms with Crippen molar-refractivity contribution in [2.75, 3.05) is 11.9 Å². The number of halogens is 2. The van der Waals surface area contributed by atoms with Gasteiger partial charge in [-0.3, -0.25) is 10.1 Å². The highest BCUT2D eigenvalue weighted by molar-refractivity contribution is 5.51. The minimum atomic E-state index is -0.967. The van der Waals surface area contributed by atoms with Crippen molar-refractivity contribution in [1.29, 1.82) is 0 Å². The number of nitrogens with zero attached hydrogens (tertiary/aromatic N) is 1. The van der Waals surface area contributed by atoms with Crippen molar-refractivity contribution in [3.63, 3.8) is 0 Å². The highest BCUT2D eigenvalue weighted by Crippen LogP contribution is 2.24. The van der Waals surface area contributed by atoms with E-state index >= 15 is 0 Å². The molecule has 0 bridgehead atoms. The van der Waals surface area contributed by atoms with Crippen LogP contribution in [0, 0.1) is 28.7 Å². The van der Waals surface area contributed by atoms with Crippen LogP contribution in [0.25, 0.3) is 0 Å². The summed E-state index contributed by atoms with van der Waals surface area (Å²) >= 11 is 0. The Morgan fingerprint density at radius 1 is 1.19 bits per heavy atom. The molecule has 0 radical (unpaired) electrons. The van der Waals surface area contributed by atoms with Crippen LogP contribution < -0.4 is 5.32 Å². The van der Waals surface area contributed by atoms with Crippen LogP contribution in [0.2, 0.25) is 0 Å². The van der Waals surface area contributed by atoms with E-state index in [0.29, 0.717) is 25.1 Å². The Morgan fingerprint density at radius 2 is 1.86 bits per heavy atom. The molecule has 6 heteroatoms. The van der Waals surface area contributed by atoms with Crippen LogP contribution in [0.3, 0.4) is 0 Å². The number of benzene rings is 2. The quantitative estimate of drug-likeness (QED) is 0.673. The van der Waals surface area contributed by atoms with Crippen molar-refractivity contribution in [3.8, 4) is 0 Å². The Kier molecular flexibility index (Phi) is 4.47. The lowest BCUT2D eigenvalue weighted by Gasteiger charge is -2.09. The third kappa shape index (κ3) is 3.75. The molecule has 21 heavy (non-hydrogen) atoms. The van der Waals surface area contributed by atoms with Crippen LogP contribution in [-0.4, -0.2) is 11.5 Å². The summed E-state index contributed by atoms with van der Waals surface area (Å²) in [6, 6.07) is 9.21. The SMILES string of the molecule is Cc1cccc(CCNc2c(F)cc([N+](=O)[O-])cc2F)c1. The molecule has 0 atom stereocenters. The minimum Gasteiger partial charge on any atom is -0.380 e. The number of hydrogen-bond donors (Lipinski definition) is 1. The van der Waals surface area contributed by atoms with E-state index in [0.717, 1.165) is 11.1 Å². The highest BCUT2D eigenvalue weighted by atomic mass is 19.1. The van der Waals surface area contributed by atoms with Crippen molar-refractivity contribution in [2.24, 2.45) is 0 Å². The number of rotatable bonds is 5. The van der Waals surface area contributed by atoms with Crippen LogP contribution in [-0.2, 0) is 6.42 Å². The van der Waals surface area contributed by atoms with Crippen LogP contribution in [0.1, 0.15) is 11.1 Å². The Balaban J connectivity index is 2.05. The molecule has 0 fully saturated rings. The smallest absolute Gasteiger partial charge is 0.275 e. The maximum Gasteiger partial charge on any atom is 0.275 e. The predicted octanol–water partition coefficient (Wildman–Crippen LogP) is 3.84. The molecule has 0 saturated heterocycles. The fourth-order valence-corrected chi connectivity index (χ4v) is 2.03. The lowest BCUT2D eigenvalue weighted by Crippen LogP contribution is -2.08. The summed E-state index contributed by atoms with van der Waals surface area (Å²) in [5, 5.41) is 13.1. The molecule has 0 aliphatic heterocycles. The molecule has 2 aromatic carbocycles. The first kappa shape index (κ1) is 14.9. The van der Waals surface area contributed by atoms with E-state index in [1.807, 2.05) is 31.2 Å².